The molecule has 0 radical (unpaired) electrons. The predicted molar refractivity (Wildman–Crippen MR) is 107 cm³/mol. The first kappa shape index (κ1) is 18.7. The average Bonchev–Trinajstić information content (AvgIpc) is 2.66. The molecule has 2 N–H and O–H groups in total. The van der Waals surface area contributed by atoms with E-state index in [1.54, 1.807) is 30.5 Å². The van der Waals surface area contributed by atoms with Crippen LogP contribution < -0.4 is 14.8 Å². The lowest BCUT2D eigenvalue weighted by atomic mass is 10.2. The van der Waals surface area contributed by atoms with Crippen LogP contribution in [0.25, 0.3) is 0 Å². The molecule has 0 aliphatic heterocycles. The maximum Gasteiger partial charge on any atom is 0.263 e. The molecule has 2 aromatic carbocycles. The molecule has 0 aliphatic carbocycles. The Morgan fingerprint density at radius 3 is 2.37 bits per heavy atom. The summed E-state index contributed by atoms with van der Waals surface area (Å²) < 4.78 is 32.8. The number of nitrogens with zero attached hydrogens (tertiary/aromatic N) is 1. The quantitative estimate of drug-likeness (QED) is 0.635. The van der Waals surface area contributed by atoms with Gasteiger partial charge in [0.15, 0.2) is 0 Å². The number of anilines is 3. The van der Waals surface area contributed by atoms with Crippen LogP contribution in [0.2, 0.25) is 0 Å². The summed E-state index contributed by atoms with van der Waals surface area (Å²) in [6, 6.07) is 17.5. The summed E-state index contributed by atoms with van der Waals surface area (Å²) in [5, 5.41) is 3.26. The zero-order valence-electron chi connectivity index (χ0n) is 15.1. The van der Waals surface area contributed by atoms with Crippen molar-refractivity contribution in [2.45, 2.75) is 18.7 Å². The monoisotopic (exact) mass is 383 g/mol. The number of aryl methyl sites for hydroxylation is 1. The van der Waals surface area contributed by atoms with E-state index in [4.69, 9.17) is 4.74 Å². The number of benzene rings is 2. The van der Waals surface area contributed by atoms with Gasteiger partial charge in [0.1, 0.15) is 11.6 Å². The van der Waals surface area contributed by atoms with Gasteiger partial charge in [-0.15, -0.1) is 0 Å². The second kappa shape index (κ2) is 8.09. The maximum atomic E-state index is 12.5. The second-order valence-corrected chi connectivity index (χ2v) is 7.56. The van der Waals surface area contributed by atoms with E-state index in [-0.39, 0.29) is 10.7 Å². The Kier molecular flexibility index (Phi) is 5.61. The minimum Gasteiger partial charge on any atom is -0.494 e. The molecular formula is C20H21N3O3S. The van der Waals surface area contributed by atoms with Crippen molar-refractivity contribution in [3.05, 3.63) is 72.4 Å². The SMILES string of the molecule is CCOc1ccc(S(=O)(=O)Nc2ccc(Nc3ccccc3C)cn2)cc1. The Morgan fingerprint density at radius 1 is 1.00 bits per heavy atom. The third-order valence-corrected chi connectivity index (χ3v) is 5.24. The van der Waals surface area contributed by atoms with Gasteiger partial charge in [-0.2, -0.15) is 0 Å². The summed E-state index contributed by atoms with van der Waals surface area (Å²) in [7, 11) is -3.71. The van der Waals surface area contributed by atoms with Gasteiger partial charge in [0.25, 0.3) is 10.0 Å². The highest BCUT2D eigenvalue weighted by molar-refractivity contribution is 7.92. The Hall–Kier alpha value is -3.06. The van der Waals surface area contributed by atoms with Crippen LogP contribution in [0.1, 0.15) is 12.5 Å². The first-order valence-electron chi connectivity index (χ1n) is 8.52. The van der Waals surface area contributed by atoms with E-state index in [1.165, 1.54) is 12.1 Å². The summed E-state index contributed by atoms with van der Waals surface area (Å²) in [5.41, 5.74) is 2.85. The molecule has 7 heteroatoms. The van der Waals surface area contributed by atoms with Gasteiger partial charge in [-0.1, -0.05) is 18.2 Å². The molecule has 140 valence electrons. The number of nitrogens with one attached hydrogen (secondary N) is 2. The molecular weight excluding hydrogens is 362 g/mol. The van der Waals surface area contributed by atoms with Gasteiger partial charge in [0, 0.05) is 5.69 Å². The molecule has 0 saturated heterocycles. The summed E-state index contributed by atoms with van der Waals surface area (Å²) in [6.45, 7) is 4.40. The van der Waals surface area contributed by atoms with Crippen molar-refractivity contribution < 1.29 is 13.2 Å². The van der Waals surface area contributed by atoms with Gasteiger partial charge in [0.2, 0.25) is 0 Å². The summed E-state index contributed by atoms with van der Waals surface area (Å²) in [4.78, 5) is 4.33. The van der Waals surface area contributed by atoms with Crippen LogP contribution in [0, 0.1) is 6.92 Å². The van der Waals surface area contributed by atoms with E-state index in [1.807, 2.05) is 38.1 Å². The van der Waals surface area contributed by atoms with Crippen molar-refractivity contribution >= 4 is 27.2 Å². The fourth-order valence-electron chi connectivity index (χ4n) is 2.48. The molecule has 27 heavy (non-hydrogen) atoms. The Bertz CT molecular complexity index is 1000. The Labute approximate surface area is 159 Å². The summed E-state index contributed by atoms with van der Waals surface area (Å²) in [6.07, 6.45) is 1.59. The molecule has 1 aromatic heterocycles. The molecule has 0 bridgehead atoms. The van der Waals surface area contributed by atoms with Gasteiger partial charge in [0.05, 0.1) is 23.4 Å². The molecule has 3 rings (SSSR count). The Balaban J connectivity index is 1.70. The highest BCUT2D eigenvalue weighted by Gasteiger charge is 2.15. The first-order valence-corrected chi connectivity index (χ1v) is 10.0. The number of hydrogen-bond donors (Lipinski definition) is 2. The zero-order valence-corrected chi connectivity index (χ0v) is 16.0. The van der Waals surface area contributed by atoms with E-state index in [0.717, 1.165) is 16.9 Å². The van der Waals surface area contributed by atoms with Crippen LogP contribution in [-0.2, 0) is 10.0 Å². The lowest BCUT2D eigenvalue weighted by Gasteiger charge is -2.11. The molecule has 0 unspecified atom stereocenters. The molecule has 0 spiro atoms. The van der Waals surface area contributed by atoms with Crippen LogP contribution in [0.15, 0.2) is 71.8 Å². The highest BCUT2D eigenvalue weighted by Crippen LogP contribution is 2.22. The van der Waals surface area contributed by atoms with Crippen molar-refractivity contribution in [1.82, 2.24) is 4.98 Å². The number of rotatable bonds is 7. The molecule has 6 nitrogen and oxygen atoms in total. The first-order chi connectivity index (χ1) is 13.0. The highest BCUT2D eigenvalue weighted by atomic mass is 32.2. The maximum absolute atomic E-state index is 12.5. The molecule has 0 atom stereocenters. The molecule has 0 fully saturated rings. The molecule has 1 heterocycles. The van der Waals surface area contributed by atoms with E-state index in [2.05, 4.69) is 15.0 Å². The minimum atomic E-state index is -3.71. The summed E-state index contributed by atoms with van der Waals surface area (Å²) >= 11 is 0. The third kappa shape index (κ3) is 4.77. The van der Waals surface area contributed by atoms with Crippen LogP contribution in [0.5, 0.6) is 5.75 Å². The molecule has 0 amide bonds. The van der Waals surface area contributed by atoms with Crippen molar-refractivity contribution in [3.8, 4) is 5.75 Å². The van der Waals surface area contributed by atoms with Gasteiger partial charge >= 0.3 is 0 Å². The molecule has 0 aliphatic rings. The fraction of sp³-hybridized carbons (Fsp3) is 0.150. The normalized spacial score (nSPS) is 11.0. The summed E-state index contributed by atoms with van der Waals surface area (Å²) in [5.74, 6) is 0.875. The Morgan fingerprint density at radius 2 is 1.74 bits per heavy atom. The van der Waals surface area contributed by atoms with Gasteiger partial charge in [-0.25, -0.2) is 13.4 Å². The smallest absolute Gasteiger partial charge is 0.263 e. The predicted octanol–water partition coefficient (Wildman–Crippen LogP) is 4.33. The number of aromatic nitrogens is 1. The van der Waals surface area contributed by atoms with E-state index < -0.39 is 10.0 Å². The van der Waals surface area contributed by atoms with E-state index in [0.29, 0.717) is 12.4 Å². The van der Waals surface area contributed by atoms with Gasteiger partial charge < -0.3 is 10.1 Å². The van der Waals surface area contributed by atoms with Crippen molar-refractivity contribution in [1.29, 1.82) is 0 Å². The zero-order chi connectivity index (χ0) is 19.3. The third-order valence-electron chi connectivity index (χ3n) is 3.87. The topological polar surface area (TPSA) is 80.3 Å². The van der Waals surface area contributed by atoms with Crippen molar-refractivity contribution in [2.24, 2.45) is 0 Å². The van der Waals surface area contributed by atoms with E-state index >= 15 is 0 Å². The largest absolute Gasteiger partial charge is 0.494 e. The fourth-order valence-corrected chi connectivity index (χ4v) is 3.48. The van der Waals surface area contributed by atoms with Crippen LogP contribution in [-0.4, -0.2) is 20.0 Å². The molecule has 0 saturated carbocycles. The lowest BCUT2D eigenvalue weighted by Crippen LogP contribution is -2.13. The van der Waals surface area contributed by atoms with Gasteiger partial charge in [-0.3, -0.25) is 4.72 Å². The van der Waals surface area contributed by atoms with Crippen LogP contribution >= 0.6 is 0 Å². The number of ether oxygens (including phenoxy) is 1. The number of pyridine rings is 1. The lowest BCUT2D eigenvalue weighted by molar-refractivity contribution is 0.340. The number of sulfonamides is 1. The van der Waals surface area contributed by atoms with Crippen LogP contribution in [0.3, 0.4) is 0 Å². The minimum absolute atomic E-state index is 0.148. The van der Waals surface area contributed by atoms with E-state index in [9.17, 15) is 8.42 Å². The van der Waals surface area contributed by atoms with Crippen molar-refractivity contribution in [3.63, 3.8) is 0 Å². The number of para-hydroxylation sites is 1. The second-order valence-electron chi connectivity index (χ2n) is 5.88. The standard InChI is InChI=1S/C20H21N3O3S/c1-3-26-17-9-11-18(12-10-17)27(24,25)23-20-13-8-16(14-21-20)22-19-7-5-4-6-15(19)2/h4-14,22H,3H2,1-2H3,(H,21,23). The average molecular weight is 383 g/mol. The molecule has 3 aromatic rings. The van der Waals surface area contributed by atoms with Crippen LogP contribution in [0.4, 0.5) is 17.2 Å². The van der Waals surface area contributed by atoms with Crippen molar-refractivity contribution in [2.75, 3.05) is 16.6 Å². The number of hydrogen-bond acceptors (Lipinski definition) is 5. The van der Waals surface area contributed by atoms with Gasteiger partial charge in [-0.05, 0) is 61.9 Å².